The zero-order chi connectivity index (χ0) is 18.8. The molecule has 2 aromatic carbocycles. The van der Waals surface area contributed by atoms with Gasteiger partial charge in [0.2, 0.25) is 0 Å². The number of nitrogens with two attached hydrogens (primary N) is 1. The summed E-state index contributed by atoms with van der Waals surface area (Å²) in [6, 6.07) is 11.7. The second-order valence-corrected chi connectivity index (χ2v) is 7.49. The first-order chi connectivity index (χ1) is 13.2. The molecule has 0 radical (unpaired) electrons. The average molecular weight is 427 g/mol. The van der Waals surface area contributed by atoms with Crippen LogP contribution in [0.25, 0.3) is 5.69 Å². The van der Waals surface area contributed by atoms with Crippen LogP contribution < -0.4 is 11.1 Å². The number of nitrogens with one attached hydrogen (secondary N) is 1. The van der Waals surface area contributed by atoms with Gasteiger partial charge < -0.3 is 11.1 Å². The highest BCUT2D eigenvalue weighted by Gasteiger charge is 2.24. The lowest BCUT2D eigenvalue weighted by Crippen LogP contribution is -2.31. The Kier molecular flexibility index (Phi) is 5.00. The monoisotopic (exact) mass is 426 g/mol. The molecule has 7 nitrogen and oxygen atoms in total. The average Bonchev–Trinajstić information content (AvgIpc) is 3.22. The van der Waals surface area contributed by atoms with E-state index in [1.54, 1.807) is 6.07 Å². The molecule has 1 aromatic heterocycles. The summed E-state index contributed by atoms with van der Waals surface area (Å²) in [6.07, 6.45) is 4.44. The molecule has 0 bridgehead atoms. The predicted octanol–water partition coefficient (Wildman–Crippen LogP) is 2.69. The molecule has 27 heavy (non-hydrogen) atoms. The lowest BCUT2D eigenvalue weighted by molar-refractivity contribution is 0.0932. The highest BCUT2D eigenvalue weighted by atomic mass is 79.9. The first kappa shape index (κ1) is 17.8. The first-order valence-electron chi connectivity index (χ1n) is 8.81. The van der Waals surface area contributed by atoms with E-state index in [0.29, 0.717) is 17.8 Å². The first-order valence-corrected chi connectivity index (χ1v) is 9.60. The Morgan fingerprint density at radius 1 is 1.30 bits per heavy atom. The van der Waals surface area contributed by atoms with Crippen molar-refractivity contribution in [3.63, 3.8) is 0 Å². The predicted molar refractivity (Wildman–Crippen MR) is 104 cm³/mol. The van der Waals surface area contributed by atoms with Crippen molar-refractivity contribution in [3.8, 4) is 5.69 Å². The van der Waals surface area contributed by atoms with E-state index in [4.69, 9.17) is 5.73 Å². The number of hydrogen-bond donors (Lipinski definition) is 2. The fraction of sp³-hybridized carbons (Fsp3) is 0.263. The Hall–Kier alpha value is -2.58. The maximum Gasteiger partial charge on any atom is 0.253 e. The quantitative estimate of drug-likeness (QED) is 0.667. The van der Waals surface area contributed by atoms with Crippen LogP contribution in [0.1, 0.15) is 45.9 Å². The van der Waals surface area contributed by atoms with Crippen LogP contribution in [0.15, 0.2) is 47.2 Å². The molecule has 138 valence electrons. The van der Waals surface area contributed by atoms with Crippen molar-refractivity contribution in [1.29, 1.82) is 0 Å². The summed E-state index contributed by atoms with van der Waals surface area (Å²) < 4.78 is 2.34. The number of nitrogens with zero attached hydrogens (tertiary/aromatic N) is 4. The van der Waals surface area contributed by atoms with Crippen molar-refractivity contribution < 1.29 is 4.79 Å². The van der Waals surface area contributed by atoms with Crippen LogP contribution in [-0.4, -0.2) is 26.1 Å². The SMILES string of the molecule is NCc1ccc2c(c1)CCCC2NC(=O)c1ccc(Br)cc1-n1cnnn1. The summed E-state index contributed by atoms with van der Waals surface area (Å²) in [5.74, 6) is -0.145. The van der Waals surface area contributed by atoms with Gasteiger partial charge >= 0.3 is 0 Å². The third-order valence-electron chi connectivity index (χ3n) is 4.86. The van der Waals surface area contributed by atoms with Gasteiger partial charge in [-0.15, -0.1) is 5.10 Å². The van der Waals surface area contributed by atoms with Gasteiger partial charge in [-0.25, -0.2) is 0 Å². The summed E-state index contributed by atoms with van der Waals surface area (Å²) in [5, 5.41) is 14.4. The van der Waals surface area contributed by atoms with Crippen LogP contribution in [0.3, 0.4) is 0 Å². The minimum atomic E-state index is -0.145. The van der Waals surface area contributed by atoms with Crippen LogP contribution in [0.4, 0.5) is 0 Å². The molecule has 1 unspecified atom stereocenters. The van der Waals surface area contributed by atoms with Gasteiger partial charge in [0, 0.05) is 11.0 Å². The smallest absolute Gasteiger partial charge is 0.253 e. The Balaban J connectivity index is 1.63. The molecule has 3 aromatic rings. The van der Waals surface area contributed by atoms with Gasteiger partial charge in [-0.1, -0.05) is 34.1 Å². The Labute approximate surface area is 165 Å². The van der Waals surface area contributed by atoms with E-state index in [1.165, 1.54) is 22.1 Å². The van der Waals surface area contributed by atoms with Crippen molar-refractivity contribution in [3.05, 3.63) is 69.5 Å². The fourth-order valence-corrected chi connectivity index (χ4v) is 3.89. The van der Waals surface area contributed by atoms with Crippen LogP contribution in [-0.2, 0) is 13.0 Å². The summed E-state index contributed by atoms with van der Waals surface area (Å²) in [6.45, 7) is 0.526. The molecule has 1 atom stereocenters. The van der Waals surface area contributed by atoms with Gasteiger partial charge in [0.05, 0.1) is 17.3 Å². The van der Waals surface area contributed by atoms with Crippen LogP contribution >= 0.6 is 15.9 Å². The van der Waals surface area contributed by atoms with Gasteiger partial charge in [-0.2, -0.15) is 4.68 Å². The highest BCUT2D eigenvalue weighted by Crippen LogP contribution is 2.31. The Morgan fingerprint density at radius 2 is 2.19 bits per heavy atom. The molecule has 1 aliphatic rings. The van der Waals surface area contributed by atoms with Crippen molar-refractivity contribution in [2.75, 3.05) is 0 Å². The number of halogens is 1. The lowest BCUT2D eigenvalue weighted by Gasteiger charge is -2.27. The normalized spacial score (nSPS) is 16.0. The van der Waals surface area contributed by atoms with Crippen molar-refractivity contribution >= 4 is 21.8 Å². The van der Waals surface area contributed by atoms with Crippen LogP contribution in [0, 0.1) is 0 Å². The van der Waals surface area contributed by atoms with Gasteiger partial charge in [-0.05, 0) is 64.6 Å². The van der Waals surface area contributed by atoms with Gasteiger partial charge in [0.1, 0.15) is 6.33 Å². The molecule has 0 fully saturated rings. The molecule has 0 aliphatic heterocycles. The van der Waals surface area contributed by atoms with Crippen LogP contribution in [0.2, 0.25) is 0 Å². The maximum atomic E-state index is 13.0. The minimum absolute atomic E-state index is 0.0153. The zero-order valence-corrected chi connectivity index (χ0v) is 16.2. The molecule has 8 heteroatoms. The topological polar surface area (TPSA) is 98.7 Å². The number of rotatable bonds is 4. The summed E-state index contributed by atoms with van der Waals surface area (Å²) in [4.78, 5) is 13.0. The van der Waals surface area contributed by atoms with E-state index in [9.17, 15) is 4.79 Å². The summed E-state index contributed by atoms with van der Waals surface area (Å²) in [7, 11) is 0. The zero-order valence-electron chi connectivity index (χ0n) is 14.6. The van der Waals surface area contributed by atoms with E-state index in [1.807, 2.05) is 18.2 Å². The molecule has 1 aliphatic carbocycles. The second kappa shape index (κ2) is 7.58. The summed E-state index contributed by atoms with van der Waals surface area (Å²) >= 11 is 3.44. The molecule has 0 saturated carbocycles. The maximum absolute atomic E-state index is 13.0. The molecule has 1 amide bonds. The number of aryl methyl sites for hydroxylation is 1. The summed E-state index contributed by atoms with van der Waals surface area (Å²) in [5.41, 5.74) is 10.5. The molecule has 1 heterocycles. The van der Waals surface area contributed by atoms with E-state index in [2.05, 4.69) is 48.9 Å². The standard InChI is InChI=1S/C19H19BrN6O/c20-14-5-7-16(18(9-14)26-11-22-24-25-26)19(27)23-17-3-1-2-13-8-12(10-21)4-6-15(13)17/h4-9,11,17H,1-3,10,21H2,(H,23,27). The number of fused-ring (bicyclic) bond motifs is 1. The molecular weight excluding hydrogens is 408 g/mol. The lowest BCUT2D eigenvalue weighted by atomic mass is 9.86. The molecular formula is C19H19BrN6O. The van der Waals surface area contributed by atoms with Crippen molar-refractivity contribution in [2.45, 2.75) is 31.8 Å². The number of benzene rings is 2. The number of amides is 1. The van der Waals surface area contributed by atoms with Gasteiger partial charge in [0.15, 0.2) is 0 Å². The number of tetrazole rings is 1. The molecule has 3 N–H and O–H groups in total. The van der Waals surface area contributed by atoms with Crippen LogP contribution in [0.5, 0.6) is 0 Å². The Bertz CT molecular complexity index is 972. The highest BCUT2D eigenvalue weighted by molar-refractivity contribution is 9.10. The largest absolute Gasteiger partial charge is 0.345 e. The van der Waals surface area contributed by atoms with Crippen molar-refractivity contribution in [2.24, 2.45) is 5.73 Å². The van der Waals surface area contributed by atoms with E-state index >= 15 is 0 Å². The minimum Gasteiger partial charge on any atom is -0.345 e. The molecule has 4 rings (SSSR count). The molecule has 0 spiro atoms. The third-order valence-corrected chi connectivity index (χ3v) is 5.36. The van der Waals surface area contributed by atoms with E-state index < -0.39 is 0 Å². The third kappa shape index (κ3) is 3.63. The fourth-order valence-electron chi connectivity index (χ4n) is 3.54. The Morgan fingerprint density at radius 3 is 2.96 bits per heavy atom. The van der Waals surface area contributed by atoms with Crippen molar-refractivity contribution in [1.82, 2.24) is 25.5 Å². The van der Waals surface area contributed by atoms with E-state index in [0.717, 1.165) is 29.3 Å². The number of aromatic nitrogens is 4. The van der Waals surface area contributed by atoms with Gasteiger partial charge in [0.25, 0.3) is 5.91 Å². The second-order valence-electron chi connectivity index (χ2n) is 6.57. The van der Waals surface area contributed by atoms with Gasteiger partial charge in [-0.3, -0.25) is 4.79 Å². The number of hydrogen-bond acceptors (Lipinski definition) is 5. The molecule has 0 saturated heterocycles. The number of carbonyl (C=O) groups excluding carboxylic acids is 1. The number of carbonyl (C=O) groups is 1. The van der Waals surface area contributed by atoms with E-state index in [-0.39, 0.29) is 11.9 Å².